The Bertz CT molecular complexity index is 289. The van der Waals surface area contributed by atoms with Crippen molar-refractivity contribution in [2.45, 2.75) is 25.8 Å². The molecule has 0 radical (unpaired) electrons. The van der Waals surface area contributed by atoms with Gasteiger partial charge in [0.25, 0.3) is 0 Å². The standard InChI is InChI=1S/C12H20N2O3/c1-4-7-10(11(15)16)13-12(17)14(8-5-2)9-6-3/h4-5,10H,1-2,6-9H2,3H3,(H,13,17)(H,15,16). The van der Waals surface area contributed by atoms with E-state index in [9.17, 15) is 9.59 Å². The summed E-state index contributed by atoms with van der Waals surface area (Å²) in [6, 6.07) is -1.31. The maximum absolute atomic E-state index is 11.8. The second kappa shape index (κ2) is 8.38. The van der Waals surface area contributed by atoms with Crippen LogP contribution in [0.2, 0.25) is 0 Å². The largest absolute Gasteiger partial charge is 0.480 e. The second-order valence-electron chi connectivity index (χ2n) is 3.60. The number of urea groups is 1. The number of carbonyl (C=O) groups excluding carboxylic acids is 1. The minimum atomic E-state index is -1.06. The molecule has 2 amide bonds. The Hall–Kier alpha value is -1.78. The molecular weight excluding hydrogens is 220 g/mol. The normalized spacial score (nSPS) is 11.4. The summed E-state index contributed by atoms with van der Waals surface area (Å²) in [6.45, 7) is 9.94. The third-order valence-corrected chi connectivity index (χ3v) is 2.13. The lowest BCUT2D eigenvalue weighted by molar-refractivity contribution is -0.139. The number of nitrogens with one attached hydrogen (secondary N) is 1. The molecule has 0 spiro atoms. The molecule has 17 heavy (non-hydrogen) atoms. The van der Waals surface area contributed by atoms with Crippen molar-refractivity contribution >= 4 is 12.0 Å². The lowest BCUT2D eigenvalue weighted by Crippen LogP contribution is -2.48. The van der Waals surface area contributed by atoms with Gasteiger partial charge in [0, 0.05) is 13.1 Å². The fourth-order valence-corrected chi connectivity index (χ4v) is 1.33. The molecule has 0 aliphatic heterocycles. The number of carboxylic acid groups (broad SMARTS) is 1. The number of nitrogens with zero attached hydrogens (tertiary/aromatic N) is 1. The van der Waals surface area contributed by atoms with Gasteiger partial charge in [0.2, 0.25) is 0 Å². The van der Waals surface area contributed by atoms with E-state index in [1.807, 2.05) is 6.92 Å². The highest BCUT2D eigenvalue weighted by atomic mass is 16.4. The number of rotatable bonds is 8. The van der Waals surface area contributed by atoms with Crippen molar-refractivity contribution in [1.82, 2.24) is 10.2 Å². The summed E-state index contributed by atoms with van der Waals surface area (Å²) in [7, 11) is 0. The predicted molar refractivity (Wildman–Crippen MR) is 66.8 cm³/mol. The first-order valence-corrected chi connectivity index (χ1v) is 5.56. The van der Waals surface area contributed by atoms with Crippen LogP contribution < -0.4 is 5.32 Å². The van der Waals surface area contributed by atoms with E-state index in [1.165, 1.54) is 11.0 Å². The van der Waals surface area contributed by atoms with Crippen LogP contribution in [0.3, 0.4) is 0 Å². The van der Waals surface area contributed by atoms with E-state index >= 15 is 0 Å². The Labute approximate surface area is 102 Å². The maximum Gasteiger partial charge on any atom is 0.326 e. The number of hydrogen-bond acceptors (Lipinski definition) is 2. The van der Waals surface area contributed by atoms with Crippen LogP contribution in [0.4, 0.5) is 4.79 Å². The second-order valence-corrected chi connectivity index (χ2v) is 3.60. The van der Waals surface area contributed by atoms with Crippen LogP contribution in [0.1, 0.15) is 19.8 Å². The van der Waals surface area contributed by atoms with Crippen molar-refractivity contribution in [1.29, 1.82) is 0 Å². The summed E-state index contributed by atoms with van der Waals surface area (Å²) in [5.41, 5.74) is 0. The van der Waals surface area contributed by atoms with Crippen LogP contribution in [0.5, 0.6) is 0 Å². The lowest BCUT2D eigenvalue weighted by atomic mass is 10.2. The molecule has 5 nitrogen and oxygen atoms in total. The summed E-state index contributed by atoms with van der Waals surface area (Å²) in [5.74, 6) is -1.06. The van der Waals surface area contributed by atoms with Crippen LogP contribution in [0.25, 0.3) is 0 Å². The number of hydrogen-bond donors (Lipinski definition) is 2. The molecule has 1 unspecified atom stereocenters. The van der Waals surface area contributed by atoms with E-state index in [-0.39, 0.29) is 12.5 Å². The lowest BCUT2D eigenvalue weighted by Gasteiger charge is -2.23. The SMILES string of the molecule is C=CCC(NC(=O)N(CC=C)CCC)C(=O)O. The van der Waals surface area contributed by atoms with Gasteiger partial charge < -0.3 is 15.3 Å². The highest BCUT2D eigenvalue weighted by Crippen LogP contribution is 1.98. The molecule has 0 aromatic rings. The molecule has 0 saturated carbocycles. The van der Waals surface area contributed by atoms with Crippen molar-refractivity contribution in [3.05, 3.63) is 25.3 Å². The van der Waals surface area contributed by atoms with Crippen LogP contribution >= 0.6 is 0 Å². The molecule has 2 N–H and O–H groups in total. The highest BCUT2D eigenvalue weighted by Gasteiger charge is 2.20. The smallest absolute Gasteiger partial charge is 0.326 e. The fraction of sp³-hybridized carbons (Fsp3) is 0.500. The summed E-state index contributed by atoms with van der Waals surface area (Å²) in [4.78, 5) is 24.2. The van der Waals surface area contributed by atoms with Crippen LogP contribution in [0, 0.1) is 0 Å². The quantitative estimate of drug-likeness (QED) is 0.633. The molecule has 0 aromatic carbocycles. The van der Waals surface area contributed by atoms with Gasteiger partial charge in [-0.1, -0.05) is 19.1 Å². The first kappa shape index (κ1) is 15.2. The predicted octanol–water partition coefficient (Wildman–Crippen LogP) is 1.62. The molecule has 0 heterocycles. The van der Waals surface area contributed by atoms with Gasteiger partial charge in [-0.25, -0.2) is 9.59 Å². The summed E-state index contributed by atoms with van der Waals surface area (Å²) < 4.78 is 0. The Morgan fingerprint density at radius 1 is 1.41 bits per heavy atom. The molecule has 0 aliphatic rings. The van der Waals surface area contributed by atoms with Crippen LogP contribution in [0.15, 0.2) is 25.3 Å². The average molecular weight is 240 g/mol. The molecule has 0 rings (SSSR count). The zero-order chi connectivity index (χ0) is 13.3. The number of carbonyl (C=O) groups is 2. The first-order chi connectivity index (χ1) is 8.06. The topological polar surface area (TPSA) is 69.6 Å². The van der Waals surface area contributed by atoms with Crippen molar-refractivity contribution in [3.8, 4) is 0 Å². The van der Waals surface area contributed by atoms with E-state index < -0.39 is 12.0 Å². The molecule has 0 aliphatic carbocycles. The zero-order valence-corrected chi connectivity index (χ0v) is 10.2. The molecule has 0 fully saturated rings. The summed E-state index contributed by atoms with van der Waals surface area (Å²) >= 11 is 0. The van der Waals surface area contributed by atoms with Gasteiger partial charge >= 0.3 is 12.0 Å². The van der Waals surface area contributed by atoms with Gasteiger partial charge in [-0.15, -0.1) is 13.2 Å². The summed E-state index contributed by atoms with van der Waals surface area (Å²) in [6.07, 6.45) is 4.09. The third kappa shape index (κ3) is 5.75. The van der Waals surface area contributed by atoms with E-state index in [4.69, 9.17) is 5.11 Å². The zero-order valence-electron chi connectivity index (χ0n) is 10.2. The first-order valence-electron chi connectivity index (χ1n) is 5.56. The Balaban J connectivity index is 4.48. The van der Waals surface area contributed by atoms with E-state index in [0.717, 1.165) is 6.42 Å². The van der Waals surface area contributed by atoms with E-state index in [0.29, 0.717) is 13.1 Å². The van der Waals surface area contributed by atoms with Gasteiger partial charge in [-0.05, 0) is 12.8 Å². The van der Waals surface area contributed by atoms with Gasteiger partial charge in [0.1, 0.15) is 6.04 Å². The minimum absolute atomic E-state index is 0.203. The monoisotopic (exact) mass is 240 g/mol. The molecule has 5 heteroatoms. The van der Waals surface area contributed by atoms with Crippen molar-refractivity contribution in [2.24, 2.45) is 0 Å². The van der Waals surface area contributed by atoms with Crippen molar-refractivity contribution in [3.63, 3.8) is 0 Å². The number of aliphatic carboxylic acids is 1. The highest BCUT2D eigenvalue weighted by molar-refractivity contribution is 5.82. The van der Waals surface area contributed by atoms with E-state index in [2.05, 4.69) is 18.5 Å². The maximum atomic E-state index is 11.8. The van der Waals surface area contributed by atoms with E-state index in [1.54, 1.807) is 6.08 Å². The van der Waals surface area contributed by atoms with Crippen LogP contribution in [-0.2, 0) is 4.79 Å². The Kier molecular flexibility index (Phi) is 7.50. The van der Waals surface area contributed by atoms with Gasteiger partial charge in [0.05, 0.1) is 0 Å². The average Bonchev–Trinajstić information content (AvgIpc) is 2.28. The van der Waals surface area contributed by atoms with Crippen LogP contribution in [-0.4, -0.2) is 41.1 Å². The minimum Gasteiger partial charge on any atom is -0.480 e. The molecule has 0 saturated heterocycles. The Morgan fingerprint density at radius 2 is 2.06 bits per heavy atom. The molecule has 0 aromatic heterocycles. The van der Waals surface area contributed by atoms with Crippen molar-refractivity contribution in [2.75, 3.05) is 13.1 Å². The Morgan fingerprint density at radius 3 is 2.47 bits per heavy atom. The third-order valence-electron chi connectivity index (χ3n) is 2.13. The molecule has 1 atom stereocenters. The number of carboxylic acids is 1. The fourth-order valence-electron chi connectivity index (χ4n) is 1.33. The van der Waals surface area contributed by atoms with Crippen molar-refractivity contribution < 1.29 is 14.7 Å². The summed E-state index contributed by atoms with van der Waals surface area (Å²) in [5, 5.41) is 11.3. The molecule has 0 bridgehead atoms. The number of amides is 2. The molecule has 96 valence electrons. The van der Waals surface area contributed by atoms with Gasteiger partial charge in [-0.2, -0.15) is 0 Å². The van der Waals surface area contributed by atoms with Gasteiger partial charge in [0.15, 0.2) is 0 Å². The molecular formula is C12H20N2O3. The van der Waals surface area contributed by atoms with Gasteiger partial charge in [-0.3, -0.25) is 0 Å².